The summed E-state index contributed by atoms with van der Waals surface area (Å²) < 4.78 is 11.7. The topological polar surface area (TPSA) is 104 Å². The van der Waals surface area contributed by atoms with Crippen molar-refractivity contribution in [1.82, 2.24) is 19.9 Å². The number of benzene rings is 1. The summed E-state index contributed by atoms with van der Waals surface area (Å²) in [6.07, 6.45) is 7.46. The van der Waals surface area contributed by atoms with E-state index in [-0.39, 0.29) is 16.7 Å². The first-order chi connectivity index (χ1) is 14.7. The molecule has 0 amide bonds. The lowest BCUT2D eigenvalue weighted by molar-refractivity contribution is -0.384. The number of nitrogens with zero attached hydrogens (tertiary/aromatic N) is 5. The van der Waals surface area contributed by atoms with Crippen molar-refractivity contribution in [3.63, 3.8) is 0 Å². The molecule has 9 nitrogen and oxygen atoms in total. The van der Waals surface area contributed by atoms with Gasteiger partial charge in [0.05, 0.1) is 17.3 Å². The first kappa shape index (κ1) is 19.7. The smallest absolute Gasteiger partial charge is 0.269 e. The Kier molecular flexibility index (Phi) is 6.09. The van der Waals surface area contributed by atoms with E-state index in [4.69, 9.17) is 9.47 Å². The highest BCUT2D eigenvalue weighted by Gasteiger charge is 2.24. The largest absolute Gasteiger partial charge is 0.472 e. The molecule has 3 heterocycles. The molecule has 0 spiro atoms. The first-order valence-corrected chi connectivity index (χ1v) is 9.62. The van der Waals surface area contributed by atoms with Crippen LogP contribution >= 0.6 is 0 Å². The van der Waals surface area contributed by atoms with Crippen LogP contribution in [0.15, 0.2) is 61.2 Å². The van der Waals surface area contributed by atoms with Gasteiger partial charge < -0.3 is 9.47 Å². The van der Waals surface area contributed by atoms with E-state index in [1.54, 1.807) is 36.9 Å². The van der Waals surface area contributed by atoms with E-state index in [1.165, 1.54) is 12.1 Å². The van der Waals surface area contributed by atoms with Gasteiger partial charge in [-0.1, -0.05) is 18.2 Å². The molecule has 1 fully saturated rings. The highest BCUT2D eigenvalue weighted by atomic mass is 16.6. The number of pyridine rings is 1. The van der Waals surface area contributed by atoms with E-state index in [2.05, 4.69) is 19.9 Å². The van der Waals surface area contributed by atoms with Crippen molar-refractivity contribution >= 4 is 5.69 Å². The summed E-state index contributed by atoms with van der Waals surface area (Å²) in [5.74, 6) is 0.831. The summed E-state index contributed by atoms with van der Waals surface area (Å²) in [5, 5.41) is 10.8. The predicted octanol–water partition coefficient (Wildman–Crippen LogP) is 3.01. The Hall–Kier alpha value is -3.59. The fourth-order valence-corrected chi connectivity index (χ4v) is 3.29. The Morgan fingerprint density at radius 3 is 2.67 bits per heavy atom. The summed E-state index contributed by atoms with van der Waals surface area (Å²) in [6, 6.07) is 10.4. The van der Waals surface area contributed by atoms with Crippen LogP contribution < -0.4 is 9.47 Å². The molecular formula is C21H21N5O4. The predicted molar refractivity (Wildman–Crippen MR) is 108 cm³/mol. The van der Waals surface area contributed by atoms with Gasteiger partial charge in [-0.15, -0.1) is 0 Å². The van der Waals surface area contributed by atoms with E-state index in [9.17, 15) is 10.1 Å². The summed E-state index contributed by atoms with van der Waals surface area (Å²) >= 11 is 0. The third kappa shape index (κ3) is 5.26. The second-order valence-electron chi connectivity index (χ2n) is 7.03. The number of ether oxygens (including phenoxy) is 2. The van der Waals surface area contributed by atoms with Gasteiger partial charge in [-0.05, 0) is 18.1 Å². The molecule has 30 heavy (non-hydrogen) atoms. The minimum atomic E-state index is -0.390. The van der Waals surface area contributed by atoms with Gasteiger partial charge in [0, 0.05) is 49.7 Å². The zero-order valence-electron chi connectivity index (χ0n) is 16.3. The molecule has 2 aromatic heterocycles. The highest BCUT2D eigenvalue weighted by Crippen LogP contribution is 2.21. The van der Waals surface area contributed by atoms with Crippen LogP contribution in [0.25, 0.3) is 0 Å². The van der Waals surface area contributed by atoms with Crippen LogP contribution in [0.3, 0.4) is 0 Å². The second kappa shape index (κ2) is 9.27. The van der Waals surface area contributed by atoms with Crippen LogP contribution in [-0.4, -0.2) is 44.0 Å². The molecule has 0 N–H and O–H groups in total. The van der Waals surface area contributed by atoms with Gasteiger partial charge in [-0.25, -0.2) is 0 Å². The van der Waals surface area contributed by atoms with E-state index in [0.29, 0.717) is 18.4 Å². The summed E-state index contributed by atoms with van der Waals surface area (Å²) in [5.41, 5.74) is 2.08. The number of likely N-dealkylation sites (tertiary alicyclic amines) is 1. The number of non-ortho nitro benzene ring substituents is 1. The van der Waals surface area contributed by atoms with Crippen molar-refractivity contribution in [3.8, 4) is 11.8 Å². The number of rotatable bonds is 8. The number of nitro benzene ring substituents is 1. The molecule has 1 aromatic carbocycles. The van der Waals surface area contributed by atoms with E-state index in [1.807, 2.05) is 12.1 Å². The summed E-state index contributed by atoms with van der Waals surface area (Å²) in [4.78, 5) is 25.2. The molecule has 0 bridgehead atoms. The number of hydrogen-bond donors (Lipinski definition) is 0. The van der Waals surface area contributed by atoms with Crippen molar-refractivity contribution in [3.05, 3.63) is 82.4 Å². The van der Waals surface area contributed by atoms with Crippen LogP contribution in [0.1, 0.15) is 17.5 Å². The second-order valence-corrected chi connectivity index (χ2v) is 7.03. The van der Waals surface area contributed by atoms with E-state index < -0.39 is 0 Å². The molecule has 1 saturated heterocycles. The molecule has 1 aliphatic heterocycles. The SMILES string of the molecule is O=[N+]([O-])c1ccc(CN2CCC(Oc3cncc(OCc4cccnc4)n3)C2)cc1. The zero-order chi connectivity index (χ0) is 20.8. The molecule has 0 radical (unpaired) electrons. The van der Waals surface area contributed by atoms with Crippen molar-refractivity contribution < 1.29 is 14.4 Å². The van der Waals surface area contributed by atoms with E-state index >= 15 is 0 Å². The molecule has 1 unspecified atom stereocenters. The molecule has 4 rings (SSSR count). The summed E-state index contributed by atoms with van der Waals surface area (Å²) in [6.45, 7) is 2.71. The van der Waals surface area contributed by atoms with Gasteiger partial charge in [0.2, 0.25) is 11.8 Å². The summed E-state index contributed by atoms with van der Waals surface area (Å²) in [7, 11) is 0. The van der Waals surface area contributed by atoms with Crippen LogP contribution in [0, 0.1) is 10.1 Å². The van der Waals surface area contributed by atoms with Crippen LogP contribution in [0.2, 0.25) is 0 Å². The lowest BCUT2D eigenvalue weighted by atomic mass is 10.2. The Morgan fingerprint density at radius 1 is 1.07 bits per heavy atom. The maximum absolute atomic E-state index is 10.8. The molecule has 154 valence electrons. The van der Waals surface area contributed by atoms with Crippen molar-refractivity contribution in [2.45, 2.75) is 25.7 Å². The van der Waals surface area contributed by atoms with Crippen LogP contribution in [0.4, 0.5) is 5.69 Å². The van der Waals surface area contributed by atoms with Gasteiger partial charge in [0.15, 0.2) is 0 Å². The van der Waals surface area contributed by atoms with Gasteiger partial charge in [0.1, 0.15) is 12.7 Å². The van der Waals surface area contributed by atoms with Crippen molar-refractivity contribution in [2.75, 3.05) is 13.1 Å². The lowest BCUT2D eigenvalue weighted by Gasteiger charge is -2.16. The number of nitro groups is 1. The first-order valence-electron chi connectivity index (χ1n) is 9.62. The monoisotopic (exact) mass is 407 g/mol. The minimum absolute atomic E-state index is 0.00548. The van der Waals surface area contributed by atoms with Gasteiger partial charge in [-0.2, -0.15) is 4.98 Å². The fraction of sp³-hybridized carbons (Fsp3) is 0.286. The maximum atomic E-state index is 10.8. The Morgan fingerprint density at radius 2 is 1.90 bits per heavy atom. The zero-order valence-corrected chi connectivity index (χ0v) is 16.3. The molecule has 1 aliphatic rings. The highest BCUT2D eigenvalue weighted by molar-refractivity contribution is 5.32. The minimum Gasteiger partial charge on any atom is -0.472 e. The lowest BCUT2D eigenvalue weighted by Crippen LogP contribution is -2.24. The average molecular weight is 407 g/mol. The third-order valence-corrected chi connectivity index (χ3v) is 4.77. The Balaban J connectivity index is 1.28. The molecule has 0 aliphatic carbocycles. The number of aromatic nitrogens is 3. The van der Waals surface area contributed by atoms with Gasteiger partial charge in [-0.3, -0.25) is 25.0 Å². The average Bonchev–Trinajstić information content (AvgIpc) is 3.20. The molecule has 9 heteroatoms. The van der Waals surface area contributed by atoms with Gasteiger partial charge in [0.25, 0.3) is 5.69 Å². The number of hydrogen-bond acceptors (Lipinski definition) is 8. The van der Waals surface area contributed by atoms with Crippen molar-refractivity contribution in [1.29, 1.82) is 0 Å². The van der Waals surface area contributed by atoms with Crippen LogP contribution in [0.5, 0.6) is 11.8 Å². The molecule has 3 aromatic rings. The van der Waals surface area contributed by atoms with Crippen molar-refractivity contribution in [2.24, 2.45) is 0 Å². The quantitative estimate of drug-likeness (QED) is 0.415. The molecular weight excluding hydrogens is 386 g/mol. The van der Waals surface area contributed by atoms with E-state index in [0.717, 1.165) is 37.2 Å². The molecule has 1 atom stereocenters. The third-order valence-electron chi connectivity index (χ3n) is 4.77. The fourth-order valence-electron chi connectivity index (χ4n) is 3.29. The van der Waals surface area contributed by atoms with Crippen LogP contribution in [-0.2, 0) is 13.2 Å². The Bertz CT molecular complexity index is 984. The van der Waals surface area contributed by atoms with Gasteiger partial charge >= 0.3 is 0 Å². The normalized spacial score (nSPS) is 16.3. The maximum Gasteiger partial charge on any atom is 0.269 e. The molecule has 0 saturated carbocycles. The standard InChI is InChI=1S/C21H21N5O4/c27-26(28)18-5-3-16(4-6-18)13-25-9-7-19(14-25)30-21-12-23-11-20(24-21)29-15-17-2-1-8-22-10-17/h1-6,8,10-12,19H,7,9,13-15H2. The Labute approximate surface area is 173 Å².